The molecule has 0 aliphatic carbocycles. The number of hydrogen-bond donors (Lipinski definition) is 1. The molecule has 1 aromatic heterocycles. The zero-order valence-corrected chi connectivity index (χ0v) is 10.5. The molecule has 0 aliphatic heterocycles. The van der Waals surface area contributed by atoms with Crippen molar-refractivity contribution in [3.63, 3.8) is 0 Å². The molecule has 4 nitrogen and oxygen atoms in total. The number of thioether (sulfide) groups is 1. The van der Waals surface area contributed by atoms with Crippen LogP contribution in [0, 0.1) is 0 Å². The van der Waals surface area contributed by atoms with Gasteiger partial charge in [0.1, 0.15) is 12.2 Å². The van der Waals surface area contributed by atoms with Gasteiger partial charge in [0.25, 0.3) is 0 Å². The van der Waals surface area contributed by atoms with Crippen LogP contribution in [0.3, 0.4) is 0 Å². The molecule has 0 amide bonds. The minimum absolute atomic E-state index is 0.572. The van der Waals surface area contributed by atoms with Crippen molar-refractivity contribution < 1.29 is 0 Å². The molecule has 0 saturated carbocycles. The van der Waals surface area contributed by atoms with Gasteiger partial charge >= 0.3 is 0 Å². The molecule has 5 heteroatoms. The monoisotopic (exact) mass is 228 g/mol. The van der Waals surface area contributed by atoms with Gasteiger partial charge in [-0.1, -0.05) is 6.92 Å². The Kier molecular flexibility index (Phi) is 5.71. The topological polar surface area (TPSA) is 42.7 Å². The van der Waals surface area contributed by atoms with Crippen molar-refractivity contribution >= 4 is 11.8 Å². The van der Waals surface area contributed by atoms with E-state index in [9.17, 15) is 0 Å². The van der Waals surface area contributed by atoms with Crippen LogP contribution in [0.1, 0.15) is 19.7 Å². The van der Waals surface area contributed by atoms with Crippen molar-refractivity contribution in [2.75, 3.05) is 18.1 Å². The molecule has 0 unspecified atom stereocenters. The molecule has 0 bridgehead atoms. The number of hydrogen-bond acceptors (Lipinski definition) is 4. The standard InChI is InChI=1S/C10H20N4S/c1-4-15-7-9(2)11-6-5-10-12-8-13-14(10)3/h8-9,11H,4-7H2,1-3H3/t9-/m0/s1. The maximum absolute atomic E-state index is 4.18. The van der Waals surface area contributed by atoms with E-state index in [0.717, 1.165) is 18.8 Å². The van der Waals surface area contributed by atoms with Gasteiger partial charge in [0.2, 0.25) is 0 Å². The van der Waals surface area contributed by atoms with Crippen LogP contribution in [0.4, 0.5) is 0 Å². The summed E-state index contributed by atoms with van der Waals surface area (Å²) in [5.74, 6) is 3.41. The first-order valence-corrected chi connectivity index (χ1v) is 6.53. The minimum atomic E-state index is 0.572. The van der Waals surface area contributed by atoms with Crippen LogP contribution < -0.4 is 5.32 Å². The van der Waals surface area contributed by atoms with Crippen LogP contribution in [0.25, 0.3) is 0 Å². The van der Waals surface area contributed by atoms with E-state index in [4.69, 9.17) is 0 Å². The van der Waals surface area contributed by atoms with Gasteiger partial charge < -0.3 is 5.32 Å². The molecule has 0 aromatic carbocycles. The predicted molar refractivity (Wildman–Crippen MR) is 65.2 cm³/mol. The van der Waals surface area contributed by atoms with Crippen LogP contribution in [0.15, 0.2) is 6.33 Å². The normalized spacial score (nSPS) is 13.0. The lowest BCUT2D eigenvalue weighted by atomic mass is 10.3. The zero-order chi connectivity index (χ0) is 11.1. The lowest BCUT2D eigenvalue weighted by molar-refractivity contribution is 0.576. The lowest BCUT2D eigenvalue weighted by Gasteiger charge is -2.12. The molecule has 15 heavy (non-hydrogen) atoms. The van der Waals surface area contributed by atoms with Crippen molar-refractivity contribution in [1.29, 1.82) is 0 Å². The third-order valence-corrected chi connectivity index (χ3v) is 3.36. The fraction of sp³-hybridized carbons (Fsp3) is 0.800. The third kappa shape index (κ3) is 4.66. The maximum atomic E-state index is 4.18. The van der Waals surface area contributed by atoms with Crippen LogP contribution in [0.5, 0.6) is 0 Å². The number of aromatic nitrogens is 3. The van der Waals surface area contributed by atoms with E-state index < -0.39 is 0 Å². The summed E-state index contributed by atoms with van der Waals surface area (Å²) < 4.78 is 1.83. The largest absolute Gasteiger partial charge is 0.313 e. The SMILES string of the molecule is CCSC[C@H](C)NCCc1ncnn1C. The second kappa shape index (κ2) is 6.85. The molecule has 0 radical (unpaired) electrons. The van der Waals surface area contributed by atoms with Crippen LogP contribution in [0.2, 0.25) is 0 Å². The van der Waals surface area contributed by atoms with E-state index in [1.807, 2.05) is 23.5 Å². The Morgan fingerprint density at radius 2 is 2.40 bits per heavy atom. The van der Waals surface area contributed by atoms with Gasteiger partial charge in [0.15, 0.2) is 0 Å². The van der Waals surface area contributed by atoms with Crippen molar-refractivity contribution in [1.82, 2.24) is 20.1 Å². The van der Waals surface area contributed by atoms with Gasteiger partial charge in [-0.2, -0.15) is 16.9 Å². The molecule has 1 atom stereocenters. The number of nitrogens with zero attached hydrogens (tertiary/aromatic N) is 3. The van der Waals surface area contributed by atoms with E-state index in [1.165, 1.54) is 11.5 Å². The predicted octanol–water partition coefficient (Wildman–Crippen LogP) is 1.09. The maximum Gasteiger partial charge on any atom is 0.138 e. The number of nitrogens with one attached hydrogen (secondary N) is 1. The summed E-state index contributed by atoms with van der Waals surface area (Å²) in [4.78, 5) is 4.18. The number of aryl methyl sites for hydroxylation is 1. The first-order valence-electron chi connectivity index (χ1n) is 5.38. The third-order valence-electron chi connectivity index (χ3n) is 2.22. The highest BCUT2D eigenvalue weighted by molar-refractivity contribution is 7.99. The molecular formula is C10H20N4S. The molecule has 1 aromatic rings. The van der Waals surface area contributed by atoms with Gasteiger partial charge in [-0.15, -0.1) is 0 Å². The first kappa shape index (κ1) is 12.5. The summed E-state index contributed by atoms with van der Waals surface area (Å²) in [6, 6.07) is 0.572. The summed E-state index contributed by atoms with van der Waals surface area (Å²) in [7, 11) is 1.93. The second-order valence-corrected chi connectivity index (χ2v) is 4.88. The average Bonchev–Trinajstić information content (AvgIpc) is 2.61. The van der Waals surface area contributed by atoms with Crippen molar-refractivity contribution in [2.24, 2.45) is 7.05 Å². The van der Waals surface area contributed by atoms with E-state index in [0.29, 0.717) is 6.04 Å². The second-order valence-electron chi connectivity index (χ2n) is 3.56. The van der Waals surface area contributed by atoms with Crippen molar-refractivity contribution in [3.05, 3.63) is 12.2 Å². The minimum Gasteiger partial charge on any atom is -0.313 e. The first-order chi connectivity index (χ1) is 7.24. The fourth-order valence-electron chi connectivity index (χ4n) is 1.33. The van der Waals surface area contributed by atoms with Crippen LogP contribution in [-0.2, 0) is 13.5 Å². The Morgan fingerprint density at radius 1 is 1.60 bits per heavy atom. The Bertz CT molecular complexity index is 274. The van der Waals surface area contributed by atoms with Gasteiger partial charge in [-0.25, -0.2) is 4.98 Å². The highest BCUT2D eigenvalue weighted by atomic mass is 32.2. The van der Waals surface area contributed by atoms with Crippen molar-refractivity contribution in [2.45, 2.75) is 26.3 Å². The molecule has 0 spiro atoms. The molecule has 0 fully saturated rings. The van der Waals surface area contributed by atoms with E-state index >= 15 is 0 Å². The summed E-state index contributed by atoms with van der Waals surface area (Å²) in [6.45, 7) is 5.38. The average molecular weight is 228 g/mol. The summed E-state index contributed by atoms with van der Waals surface area (Å²) in [6.07, 6.45) is 2.54. The summed E-state index contributed by atoms with van der Waals surface area (Å²) in [5, 5.41) is 7.52. The Morgan fingerprint density at radius 3 is 3.00 bits per heavy atom. The molecule has 0 saturated heterocycles. The molecule has 1 N–H and O–H groups in total. The smallest absolute Gasteiger partial charge is 0.138 e. The van der Waals surface area contributed by atoms with Gasteiger partial charge in [-0.05, 0) is 12.7 Å². The van der Waals surface area contributed by atoms with E-state index in [1.54, 1.807) is 6.33 Å². The molecule has 86 valence electrons. The summed E-state index contributed by atoms with van der Waals surface area (Å²) in [5.41, 5.74) is 0. The molecule has 1 heterocycles. The molecule has 0 aliphatic rings. The molecule has 1 rings (SSSR count). The highest BCUT2D eigenvalue weighted by Crippen LogP contribution is 2.01. The molecular weight excluding hydrogens is 208 g/mol. The van der Waals surface area contributed by atoms with Gasteiger partial charge in [-0.3, -0.25) is 4.68 Å². The van der Waals surface area contributed by atoms with Crippen molar-refractivity contribution in [3.8, 4) is 0 Å². The van der Waals surface area contributed by atoms with E-state index in [2.05, 4.69) is 29.2 Å². The highest BCUT2D eigenvalue weighted by Gasteiger charge is 2.03. The fourth-order valence-corrected chi connectivity index (χ4v) is 2.04. The summed E-state index contributed by atoms with van der Waals surface area (Å²) >= 11 is 1.97. The lowest BCUT2D eigenvalue weighted by Crippen LogP contribution is -2.30. The quantitative estimate of drug-likeness (QED) is 0.758. The Hall–Kier alpha value is -0.550. The Balaban J connectivity index is 2.13. The van der Waals surface area contributed by atoms with Crippen LogP contribution >= 0.6 is 11.8 Å². The zero-order valence-electron chi connectivity index (χ0n) is 9.73. The van der Waals surface area contributed by atoms with Gasteiger partial charge in [0, 0.05) is 31.8 Å². The van der Waals surface area contributed by atoms with Gasteiger partial charge in [0.05, 0.1) is 0 Å². The number of rotatable bonds is 7. The Labute approximate surface area is 95.9 Å². The van der Waals surface area contributed by atoms with Crippen LogP contribution in [-0.4, -0.2) is 38.9 Å². The van der Waals surface area contributed by atoms with E-state index in [-0.39, 0.29) is 0 Å².